The SMILES string of the molecule is CCCN1CCC(C)CC1.N. The fourth-order valence-corrected chi connectivity index (χ4v) is 1.60. The summed E-state index contributed by atoms with van der Waals surface area (Å²) in [5, 5.41) is 0. The second-order valence-corrected chi connectivity index (χ2v) is 3.52. The van der Waals surface area contributed by atoms with E-state index in [-0.39, 0.29) is 6.15 Å². The molecular weight excluding hydrogens is 136 g/mol. The van der Waals surface area contributed by atoms with Gasteiger partial charge in [-0.2, -0.15) is 0 Å². The second-order valence-electron chi connectivity index (χ2n) is 3.52. The van der Waals surface area contributed by atoms with Crippen molar-refractivity contribution < 1.29 is 0 Å². The van der Waals surface area contributed by atoms with Gasteiger partial charge in [0.25, 0.3) is 0 Å². The quantitative estimate of drug-likeness (QED) is 0.669. The molecule has 68 valence electrons. The van der Waals surface area contributed by atoms with E-state index < -0.39 is 0 Å². The van der Waals surface area contributed by atoms with Crippen molar-refractivity contribution in [2.45, 2.75) is 33.1 Å². The number of rotatable bonds is 2. The van der Waals surface area contributed by atoms with Crippen LogP contribution < -0.4 is 6.15 Å². The molecule has 2 heteroatoms. The Morgan fingerprint density at radius 3 is 2.27 bits per heavy atom. The molecule has 1 saturated heterocycles. The van der Waals surface area contributed by atoms with Gasteiger partial charge < -0.3 is 11.1 Å². The standard InChI is InChI=1S/C9H19N.H3N/c1-3-6-10-7-4-9(2)5-8-10;/h9H,3-8H2,1-2H3;1H3. The van der Waals surface area contributed by atoms with Gasteiger partial charge in [0.2, 0.25) is 0 Å². The van der Waals surface area contributed by atoms with Gasteiger partial charge in [-0.15, -0.1) is 0 Å². The van der Waals surface area contributed by atoms with Crippen molar-refractivity contribution in [1.82, 2.24) is 11.1 Å². The summed E-state index contributed by atoms with van der Waals surface area (Å²) in [6.45, 7) is 8.62. The maximum atomic E-state index is 2.58. The molecule has 1 rings (SSSR count). The van der Waals surface area contributed by atoms with Crippen LogP contribution in [0.3, 0.4) is 0 Å². The maximum Gasteiger partial charge on any atom is -0.00162 e. The topological polar surface area (TPSA) is 38.2 Å². The molecule has 11 heavy (non-hydrogen) atoms. The molecule has 0 atom stereocenters. The molecule has 0 radical (unpaired) electrons. The summed E-state index contributed by atoms with van der Waals surface area (Å²) in [6, 6.07) is 0. The third-order valence-corrected chi connectivity index (χ3v) is 2.42. The zero-order valence-electron chi connectivity index (χ0n) is 7.97. The van der Waals surface area contributed by atoms with E-state index in [1.807, 2.05) is 0 Å². The average molecular weight is 158 g/mol. The molecule has 0 saturated carbocycles. The van der Waals surface area contributed by atoms with E-state index in [0.29, 0.717) is 0 Å². The number of hydrogen-bond acceptors (Lipinski definition) is 2. The van der Waals surface area contributed by atoms with E-state index in [9.17, 15) is 0 Å². The zero-order chi connectivity index (χ0) is 7.40. The minimum absolute atomic E-state index is 0. The van der Waals surface area contributed by atoms with E-state index in [1.54, 1.807) is 0 Å². The van der Waals surface area contributed by atoms with Crippen molar-refractivity contribution in [3.63, 3.8) is 0 Å². The predicted molar refractivity (Wildman–Crippen MR) is 50.2 cm³/mol. The molecule has 0 amide bonds. The lowest BCUT2D eigenvalue weighted by Crippen LogP contribution is -2.33. The molecule has 0 unspecified atom stereocenters. The van der Waals surface area contributed by atoms with E-state index in [1.165, 1.54) is 38.9 Å². The van der Waals surface area contributed by atoms with Crippen molar-refractivity contribution in [2.75, 3.05) is 19.6 Å². The van der Waals surface area contributed by atoms with Crippen LogP contribution in [0.5, 0.6) is 0 Å². The molecule has 1 heterocycles. The highest BCUT2D eigenvalue weighted by atomic mass is 15.1. The van der Waals surface area contributed by atoms with Gasteiger partial charge in [-0.05, 0) is 44.8 Å². The fraction of sp³-hybridized carbons (Fsp3) is 1.00. The lowest BCUT2D eigenvalue weighted by atomic mass is 9.99. The third-order valence-electron chi connectivity index (χ3n) is 2.42. The van der Waals surface area contributed by atoms with E-state index >= 15 is 0 Å². The smallest absolute Gasteiger partial charge is 0.00162 e. The Morgan fingerprint density at radius 1 is 1.27 bits per heavy atom. The van der Waals surface area contributed by atoms with Crippen LogP contribution in [-0.2, 0) is 0 Å². The Labute approximate surface area is 70.5 Å². The molecule has 1 fully saturated rings. The van der Waals surface area contributed by atoms with Crippen LogP contribution in [0.25, 0.3) is 0 Å². The van der Waals surface area contributed by atoms with Crippen molar-refractivity contribution >= 4 is 0 Å². The number of nitrogens with zero attached hydrogens (tertiary/aromatic N) is 1. The second kappa shape index (κ2) is 5.56. The molecule has 3 N–H and O–H groups in total. The molecule has 0 aromatic rings. The molecule has 0 aromatic carbocycles. The normalized spacial score (nSPS) is 21.3. The highest BCUT2D eigenvalue weighted by molar-refractivity contribution is 4.68. The molecule has 0 spiro atoms. The van der Waals surface area contributed by atoms with E-state index in [2.05, 4.69) is 18.7 Å². The first-order chi connectivity index (χ1) is 4.83. The van der Waals surface area contributed by atoms with Crippen LogP contribution in [0.1, 0.15) is 33.1 Å². The Hall–Kier alpha value is -0.0800. The van der Waals surface area contributed by atoms with Crippen molar-refractivity contribution in [3.8, 4) is 0 Å². The van der Waals surface area contributed by atoms with Crippen molar-refractivity contribution in [1.29, 1.82) is 0 Å². The highest BCUT2D eigenvalue weighted by Crippen LogP contribution is 2.15. The number of piperidine rings is 1. The lowest BCUT2D eigenvalue weighted by molar-refractivity contribution is 0.193. The minimum Gasteiger partial charge on any atom is -0.344 e. The molecule has 0 aromatic heterocycles. The first kappa shape index (κ1) is 10.9. The molecule has 0 aliphatic carbocycles. The van der Waals surface area contributed by atoms with Gasteiger partial charge in [0, 0.05) is 0 Å². The first-order valence-electron chi connectivity index (χ1n) is 4.55. The summed E-state index contributed by atoms with van der Waals surface area (Å²) in [5.41, 5.74) is 0. The summed E-state index contributed by atoms with van der Waals surface area (Å²) < 4.78 is 0. The van der Waals surface area contributed by atoms with E-state index in [4.69, 9.17) is 0 Å². The highest BCUT2D eigenvalue weighted by Gasteiger charge is 2.13. The first-order valence-corrected chi connectivity index (χ1v) is 4.55. The Balaban J connectivity index is 0.000001000. The van der Waals surface area contributed by atoms with E-state index in [0.717, 1.165) is 5.92 Å². The van der Waals surface area contributed by atoms with Crippen LogP contribution in [0, 0.1) is 5.92 Å². The summed E-state index contributed by atoms with van der Waals surface area (Å²) in [6.07, 6.45) is 4.15. The minimum atomic E-state index is 0. The van der Waals surface area contributed by atoms with Gasteiger partial charge >= 0.3 is 0 Å². The molecular formula is C9H22N2. The fourth-order valence-electron chi connectivity index (χ4n) is 1.60. The predicted octanol–water partition coefficient (Wildman–Crippen LogP) is 2.29. The van der Waals surface area contributed by atoms with Gasteiger partial charge in [-0.1, -0.05) is 13.8 Å². The number of likely N-dealkylation sites (tertiary alicyclic amines) is 1. The van der Waals surface area contributed by atoms with Gasteiger partial charge in [0.1, 0.15) is 0 Å². The number of hydrogen-bond donors (Lipinski definition) is 1. The lowest BCUT2D eigenvalue weighted by Gasteiger charge is -2.29. The Morgan fingerprint density at radius 2 is 1.82 bits per heavy atom. The maximum absolute atomic E-state index is 2.58. The summed E-state index contributed by atoms with van der Waals surface area (Å²) >= 11 is 0. The Bertz CT molecular complexity index is 85.6. The van der Waals surface area contributed by atoms with Crippen LogP contribution in [0.4, 0.5) is 0 Å². The van der Waals surface area contributed by atoms with Gasteiger partial charge in [-0.3, -0.25) is 0 Å². The zero-order valence-corrected chi connectivity index (χ0v) is 7.97. The van der Waals surface area contributed by atoms with Crippen LogP contribution in [-0.4, -0.2) is 24.5 Å². The van der Waals surface area contributed by atoms with Crippen LogP contribution >= 0.6 is 0 Å². The molecule has 2 nitrogen and oxygen atoms in total. The van der Waals surface area contributed by atoms with Gasteiger partial charge in [-0.25, -0.2) is 0 Å². The van der Waals surface area contributed by atoms with Crippen molar-refractivity contribution in [3.05, 3.63) is 0 Å². The van der Waals surface area contributed by atoms with Gasteiger partial charge in [0.05, 0.1) is 0 Å². The average Bonchev–Trinajstić information content (AvgIpc) is 1.95. The molecule has 1 aliphatic heterocycles. The van der Waals surface area contributed by atoms with Crippen LogP contribution in [0.15, 0.2) is 0 Å². The summed E-state index contributed by atoms with van der Waals surface area (Å²) in [5.74, 6) is 0.980. The summed E-state index contributed by atoms with van der Waals surface area (Å²) in [4.78, 5) is 2.58. The molecule has 0 bridgehead atoms. The summed E-state index contributed by atoms with van der Waals surface area (Å²) in [7, 11) is 0. The third kappa shape index (κ3) is 3.73. The van der Waals surface area contributed by atoms with Crippen LogP contribution in [0.2, 0.25) is 0 Å². The van der Waals surface area contributed by atoms with Crippen molar-refractivity contribution in [2.24, 2.45) is 5.92 Å². The van der Waals surface area contributed by atoms with Gasteiger partial charge in [0.15, 0.2) is 0 Å². The molecule has 1 aliphatic rings. The monoisotopic (exact) mass is 158 g/mol. The largest absolute Gasteiger partial charge is 0.344 e. The Kier molecular flexibility index (Phi) is 5.51.